The standard InChI is InChI=1S/C28H30N4O3/c1-3-4-12-22-18-26(30-28(35)29-25-15-8-11-21-10-5-6-14-24(21)25)32(31-22)23-13-7-9-20(17-23)16-19(2)27(33)34/h5-11,13-15,17-19H,3-4,12,16H2,1-2H3,(H,33,34)(H2,29,30,35). The second kappa shape index (κ2) is 10.9. The third kappa shape index (κ3) is 5.87. The summed E-state index contributed by atoms with van der Waals surface area (Å²) in [4.78, 5) is 24.3. The lowest BCUT2D eigenvalue weighted by Crippen LogP contribution is -2.21. The van der Waals surface area contributed by atoms with Crippen molar-refractivity contribution < 1.29 is 14.7 Å². The largest absolute Gasteiger partial charge is 0.481 e. The maximum atomic E-state index is 13.0. The maximum absolute atomic E-state index is 13.0. The number of rotatable bonds is 9. The molecule has 7 heteroatoms. The van der Waals surface area contributed by atoms with Crippen molar-refractivity contribution >= 4 is 34.3 Å². The fourth-order valence-electron chi connectivity index (χ4n) is 4.06. The molecule has 180 valence electrons. The van der Waals surface area contributed by atoms with E-state index in [2.05, 4.69) is 17.6 Å². The number of nitrogens with zero attached hydrogens (tertiary/aromatic N) is 2. The van der Waals surface area contributed by atoms with Crippen LogP contribution in [0.5, 0.6) is 0 Å². The van der Waals surface area contributed by atoms with Gasteiger partial charge in [-0.1, -0.05) is 68.8 Å². The van der Waals surface area contributed by atoms with Gasteiger partial charge in [-0.25, -0.2) is 9.48 Å². The second-order valence-electron chi connectivity index (χ2n) is 8.76. The van der Waals surface area contributed by atoms with Crippen molar-refractivity contribution in [2.24, 2.45) is 5.92 Å². The highest BCUT2D eigenvalue weighted by Crippen LogP contribution is 2.24. The number of unbranched alkanes of at least 4 members (excludes halogenated alkanes) is 1. The lowest BCUT2D eigenvalue weighted by atomic mass is 10.0. The van der Waals surface area contributed by atoms with E-state index in [-0.39, 0.29) is 6.03 Å². The summed E-state index contributed by atoms with van der Waals surface area (Å²) in [5.74, 6) is -0.770. The molecule has 3 aromatic carbocycles. The SMILES string of the molecule is CCCCc1cc(NC(=O)Nc2cccc3ccccc23)n(-c2cccc(CC(C)C(=O)O)c2)n1. The molecule has 0 radical (unpaired) electrons. The van der Waals surface area contributed by atoms with Crippen molar-refractivity contribution in [2.75, 3.05) is 10.6 Å². The quantitative estimate of drug-likeness (QED) is 0.268. The second-order valence-corrected chi connectivity index (χ2v) is 8.76. The molecule has 0 aliphatic carbocycles. The summed E-state index contributed by atoms with van der Waals surface area (Å²) in [5.41, 5.74) is 3.27. The topological polar surface area (TPSA) is 96.2 Å². The molecule has 1 aromatic heterocycles. The first-order chi connectivity index (χ1) is 16.9. The van der Waals surface area contributed by atoms with Crippen molar-refractivity contribution in [3.8, 4) is 5.69 Å². The van der Waals surface area contributed by atoms with Gasteiger partial charge in [0.2, 0.25) is 0 Å². The highest BCUT2D eigenvalue weighted by Gasteiger charge is 2.16. The molecule has 0 aliphatic heterocycles. The monoisotopic (exact) mass is 470 g/mol. The molecule has 1 heterocycles. The Morgan fingerprint density at radius 1 is 1.00 bits per heavy atom. The Bertz CT molecular complexity index is 1340. The minimum absolute atomic E-state index is 0.361. The van der Waals surface area contributed by atoms with E-state index in [1.165, 1.54) is 0 Å². The van der Waals surface area contributed by atoms with Crippen LogP contribution in [0, 0.1) is 5.92 Å². The first-order valence-electron chi connectivity index (χ1n) is 11.9. The first kappa shape index (κ1) is 24.0. The average molecular weight is 471 g/mol. The molecule has 0 aliphatic rings. The predicted molar refractivity (Wildman–Crippen MR) is 139 cm³/mol. The van der Waals surface area contributed by atoms with Gasteiger partial charge in [-0.2, -0.15) is 5.10 Å². The molecule has 0 saturated carbocycles. The molecule has 0 bridgehead atoms. The lowest BCUT2D eigenvalue weighted by Gasteiger charge is -2.13. The molecule has 3 N–H and O–H groups in total. The smallest absolute Gasteiger partial charge is 0.324 e. The lowest BCUT2D eigenvalue weighted by molar-refractivity contribution is -0.141. The molecule has 2 amide bonds. The molecule has 0 fully saturated rings. The molecule has 35 heavy (non-hydrogen) atoms. The summed E-state index contributed by atoms with van der Waals surface area (Å²) < 4.78 is 1.71. The van der Waals surface area contributed by atoms with E-state index in [0.717, 1.165) is 52.7 Å². The van der Waals surface area contributed by atoms with Crippen molar-refractivity contribution in [2.45, 2.75) is 39.5 Å². The number of aliphatic carboxylic acids is 1. The Labute approximate surface area is 204 Å². The van der Waals surface area contributed by atoms with Crippen LogP contribution in [-0.4, -0.2) is 26.9 Å². The van der Waals surface area contributed by atoms with Gasteiger partial charge >= 0.3 is 12.0 Å². The zero-order valence-electron chi connectivity index (χ0n) is 20.0. The van der Waals surface area contributed by atoms with Crippen LogP contribution >= 0.6 is 0 Å². The van der Waals surface area contributed by atoms with Crippen LogP contribution in [-0.2, 0) is 17.6 Å². The van der Waals surface area contributed by atoms with Crippen LogP contribution in [0.1, 0.15) is 37.9 Å². The molecule has 7 nitrogen and oxygen atoms in total. The van der Waals surface area contributed by atoms with E-state index in [1.807, 2.05) is 72.8 Å². The third-order valence-corrected chi connectivity index (χ3v) is 5.94. The Morgan fingerprint density at radius 3 is 2.57 bits per heavy atom. The number of aromatic nitrogens is 2. The van der Waals surface area contributed by atoms with E-state index in [1.54, 1.807) is 11.6 Å². The normalized spacial score (nSPS) is 11.8. The first-order valence-corrected chi connectivity index (χ1v) is 11.9. The molecule has 4 rings (SSSR count). The molecule has 0 saturated heterocycles. The molecule has 1 atom stereocenters. The van der Waals surface area contributed by atoms with Gasteiger partial charge in [-0.05, 0) is 48.4 Å². The number of fused-ring (bicyclic) bond motifs is 1. The van der Waals surface area contributed by atoms with Crippen LogP contribution < -0.4 is 10.6 Å². The van der Waals surface area contributed by atoms with Crippen molar-refractivity contribution in [1.82, 2.24) is 9.78 Å². The number of carbonyl (C=O) groups excluding carboxylic acids is 1. The summed E-state index contributed by atoms with van der Waals surface area (Å²) >= 11 is 0. The van der Waals surface area contributed by atoms with Crippen molar-refractivity contribution in [3.05, 3.63) is 84.1 Å². The summed E-state index contributed by atoms with van der Waals surface area (Å²) in [5, 5.41) is 21.9. The molecular weight excluding hydrogens is 440 g/mol. The fourth-order valence-corrected chi connectivity index (χ4v) is 4.06. The van der Waals surface area contributed by atoms with E-state index in [0.29, 0.717) is 12.2 Å². The third-order valence-electron chi connectivity index (χ3n) is 5.94. The van der Waals surface area contributed by atoms with Crippen molar-refractivity contribution in [3.63, 3.8) is 0 Å². The van der Waals surface area contributed by atoms with Crippen LogP contribution in [0.25, 0.3) is 16.5 Å². The van der Waals surface area contributed by atoms with Crippen LogP contribution in [0.4, 0.5) is 16.3 Å². The number of benzene rings is 3. The fraction of sp³-hybridized carbons (Fsp3) is 0.250. The highest BCUT2D eigenvalue weighted by atomic mass is 16.4. The Balaban J connectivity index is 1.60. The number of carboxylic acid groups (broad SMARTS) is 1. The van der Waals surface area contributed by atoms with E-state index >= 15 is 0 Å². The summed E-state index contributed by atoms with van der Waals surface area (Å²) in [7, 11) is 0. The number of amides is 2. The number of hydrogen-bond acceptors (Lipinski definition) is 3. The van der Waals surface area contributed by atoms with E-state index in [9.17, 15) is 14.7 Å². The Morgan fingerprint density at radius 2 is 1.77 bits per heavy atom. The van der Waals surface area contributed by atoms with E-state index in [4.69, 9.17) is 5.10 Å². The van der Waals surface area contributed by atoms with Gasteiger partial charge in [0, 0.05) is 11.5 Å². The average Bonchev–Trinajstić information content (AvgIpc) is 3.25. The van der Waals surface area contributed by atoms with E-state index < -0.39 is 11.9 Å². The zero-order chi connectivity index (χ0) is 24.8. The molecule has 0 spiro atoms. The van der Waals surface area contributed by atoms with Gasteiger partial charge in [0.15, 0.2) is 0 Å². The van der Waals surface area contributed by atoms with Crippen LogP contribution in [0.2, 0.25) is 0 Å². The number of aryl methyl sites for hydroxylation is 1. The molecular formula is C28H30N4O3. The summed E-state index contributed by atoms with van der Waals surface area (Å²) in [6.45, 7) is 3.82. The Kier molecular flexibility index (Phi) is 7.45. The van der Waals surface area contributed by atoms with Gasteiger partial charge in [-0.15, -0.1) is 0 Å². The summed E-state index contributed by atoms with van der Waals surface area (Å²) in [6, 6.07) is 22.8. The van der Waals surface area contributed by atoms with Gasteiger partial charge in [-0.3, -0.25) is 10.1 Å². The van der Waals surface area contributed by atoms with Crippen LogP contribution in [0.3, 0.4) is 0 Å². The number of nitrogens with one attached hydrogen (secondary N) is 2. The van der Waals surface area contributed by atoms with Crippen molar-refractivity contribution in [1.29, 1.82) is 0 Å². The predicted octanol–water partition coefficient (Wildman–Crippen LogP) is 6.28. The minimum atomic E-state index is -0.830. The maximum Gasteiger partial charge on any atom is 0.324 e. The van der Waals surface area contributed by atoms with Crippen LogP contribution in [0.15, 0.2) is 72.8 Å². The minimum Gasteiger partial charge on any atom is -0.481 e. The van der Waals surface area contributed by atoms with Gasteiger partial charge in [0.05, 0.1) is 23.0 Å². The van der Waals surface area contributed by atoms with Gasteiger partial charge in [0.25, 0.3) is 0 Å². The summed E-state index contributed by atoms with van der Waals surface area (Å²) in [6.07, 6.45) is 3.25. The number of anilines is 2. The molecule has 4 aromatic rings. The zero-order valence-corrected chi connectivity index (χ0v) is 20.0. The number of urea groups is 1. The van der Waals surface area contributed by atoms with Gasteiger partial charge < -0.3 is 10.4 Å². The molecule has 1 unspecified atom stereocenters. The van der Waals surface area contributed by atoms with Gasteiger partial charge in [0.1, 0.15) is 5.82 Å². The number of carboxylic acids is 1. The highest BCUT2D eigenvalue weighted by molar-refractivity contribution is 6.06. The Hall–Kier alpha value is -4.13. The number of hydrogen-bond donors (Lipinski definition) is 3. The number of carbonyl (C=O) groups is 2.